The molecule has 29 heavy (non-hydrogen) atoms. The lowest BCUT2D eigenvalue weighted by molar-refractivity contribution is 0.100. The van der Waals surface area contributed by atoms with Gasteiger partial charge in [0.2, 0.25) is 5.88 Å². The maximum Gasteiger partial charge on any atom is 0.252 e. The van der Waals surface area contributed by atoms with E-state index in [4.69, 9.17) is 16.2 Å². The van der Waals surface area contributed by atoms with Crippen molar-refractivity contribution in [2.45, 2.75) is 6.04 Å². The van der Waals surface area contributed by atoms with Gasteiger partial charge in [-0.3, -0.25) is 4.79 Å². The number of benzene rings is 1. The molecular weight excluding hydrogens is 375 g/mol. The van der Waals surface area contributed by atoms with Crippen LogP contribution in [0.4, 0.5) is 21.7 Å². The molecule has 0 radical (unpaired) electrons. The molecule has 150 valence electrons. The molecule has 0 aliphatic rings. The Hall–Kier alpha value is -3.72. The van der Waals surface area contributed by atoms with Gasteiger partial charge in [0, 0.05) is 24.5 Å². The molecule has 0 aliphatic heterocycles. The molecule has 0 spiro atoms. The summed E-state index contributed by atoms with van der Waals surface area (Å²) >= 11 is 0. The molecule has 0 saturated carbocycles. The van der Waals surface area contributed by atoms with Crippen molar-refractivity contribution in [3.63, 3.8) is 0 Å². The molecule has 1 unspecified atom stereocenters. The molecule has 3 aromatic rings. The lowest BCUT2D eigenvalue weighted by Gasteiger charge is -2.20. The molecular formula is C20H21FN6O2. The van der Waals surface area contributed by atoms with Crippen LogP contribution in [0.1, 0.15) is 22.0 Å². The maximum atomic E-state index is 14.6. The second-order valence-corrected chi connectivity index (χ2v) is 6.13. The zero-order valence-corrected chi connectivity index (χ0v) is 15.7. The number of ether oxygens (including phenoxy) is 1. The summed E-state index contributed by atoms with van der Waals surface area (Å²) in [7, 11) is 1.48. The Balaban J connectivity index is 1.96. The van der Waals surface area contributed by atoms with E-state index < -0.39 is 11.7 Å². The molecule has 0 bridgehead atoms. The summed E-state index contributed by atoms with van der Waals surface area (Å²) in [6.45, 7) is 0.215. The first-order valence-corrected chi connectivity index (χ1v) is 8.80. The number of anilines is 3. The topological polar surface area (TPSA) is 128 Å². The highest BCUT2D eigenvalue weighted by molar-refractivity contribution is 5.98. The number of hydrogen-bond donors (Lipinski definition) is 4. The number of halogens is 1. The van der Waals surface area contributed by atoms with Gasteiger partial charge in [-0.1, -0.05) is 30.3 Å². The monoisotopic (exact) mass is 396 g/mol. The molecule has 2 aromatic heterocycles. The number of rotatable bonds is 8. The van der Waals surface area contributed by atoms with Crippen molar-refractivity contribution in [3.05, 3.63) is 71.7 Å². The smallest absolute Gasteiger partial charge is 0.252 e. The van der Waals surface area contributed by atoms with Crippen molar-refractivity contribution in [1.82, 2.24) is 9.97 Å². The van der Waals surface area contributed by atoms with E-state index in [9.17, 15) is 9.18 Å². The first kappa shape index (κ1) is 20.0. The predicted octanol–water partition coefficient (Wildman–Crippen LogP) is 2.58. The molecule has 1 atom stereocenters. The second kappa shape index (κ2) is 8.98. The molecule has 6 N–H and O–H groups in total. The van der Waals surface area contributed by atoms with Gasteiger partial charge in [-0.2, -0.15) is 0 Å². The predicted molar refractivity (Wildman–Crippen MR) is 109 cm³/mol. The first-order valence-electron chi connectivity index (χ1n) is 8.80. The summed E-state index contributed by atoms with van der Waals surface area (Å²) in [6.07, 6.45) is 1.52. The van der Waals surface area contributed by atoms with Gasteiger partial charge >= 0.3 is 0 Å². The summed E-state index contributed by atoms with van der Waals surface area (Å²) < 4.78 is 19.7. The fraction of sp³-hybridized carbons (Fsp3) is 0.150. The molecule has 9 heteroatoms. The second-order valence-electron chi connectivity index (χ2n) is 6.13. The zero-order chi connectivity index (χ0) is 20.8. The van der Waals surface area contributed by atoms with Crippen LogP contribution in [0.2, 0.25) is 0 Å². The van der Waals surface area contributed by atoms with Gasteiger partial charge in [0.15, 0.2) is 11.6 Å². The van der Waals surface area contributed by atoms with Crippen LogP contribution in [-0.2, 0) is 0 Å². The van der Waals surface area contributed by atoms with E-state index in [1.165, 1.54) is 13.3 Å². The van der Waals surface area contributed by atoms with E-state index in [-0.39, 0.29) is 29.8 Å². The van der Waals surface area contributed by atoms with Crippen LogP contribution in [0.15, 0.2) is 54.7 Å². The third kappa shape index (κ3) is 4.77. The highest BCUT2D eigenvalue weighted by Crippen LogP contribution is 2.27. The average Bonchev–Trinajstić information content (AvgIpc) is 2.74. The SMILES string of the molecule is COc1cc(Nc2nc(NC(CN)c3ccccc3)c(F)cc2C(N)=O)ccn1. The zero-order valence-electron chi connectivity index (χ0n) is 15.7. The highest BCUT2D eigenvalue weighted by atomic mass is 19.1. The summed E-state index contributed by atoms with van der Waals surface area (Å²) in [5.41, 5.74) is 12.6. The number of aromatic nitrogens is 2. The largest absolute Gasteiger partial charge is 0.481 e. The summed E-state index contributed by atoms with van der Waals surface area (Å²) in [5, 5.41) is 5.95. The minimum Gasteiger partial charge on any atom is -0.481 e. The van der Waals surface area contributed by atoms with Crippen molar-refractivity contribution in [2.24, 2.45) is 11.5 Å². The van der Waals surface area contributed by atoms with Crippen molar-refractivity contribution in [3.8, 4) is 5.88 Å². The number of nitrogens with zero attached hydrogens (tertiary/aromatic N) is 2. The summed E-state index contributed by atoms with van der Waals surface area (Å²) in [6, 6.07) is 13.3. The number of nitrogens with two attached hydrogens (primary N) is 2. The maximum absolute atomic E-state index is 14.6. The summed E-state index contributed by atoms with van der Waals surface area (Å²) in [5.74, 6) is -1.13. The van der Waals surface area contributed by atoms with Crippen molar-refractivity contribution < 1.29 is 13.9 Å². The molecule has 8 nitrogen and oxygen atoms in total. The van der Waals surface area contributed by atoms with E-state index in [2.05, 4.69) is 20.6 Å². The van der Waals surface area contributed by atoms with E-state index in [1.54, 1.807) is 12.1 Å². The van der Waals surface area contributed by atoms with Gasteiger partial charge in [-0.05, 0) is 17.7 Å². The first-order chi connectivity index (χ1) is 14.0. The van der Waals surface area contributed by atoms with Gasteiger partial charge < -0.3 is 26.8 Å². The van der Waals surface area contributed by atoms with E-state index in [0.29, 0.717) is 11.6 Å². The molecule has 0 fully saturated rings. The average molecular weight is 396 g/mol. The lowest BCUT2D eigenvalue weighted by Crippen LogP contribution is -2.23. The van der Waals surface area contributed by atoms with Crippen LogP contribution in [0.25, 0.3) is 0 Å². The van der Waals surface area contributed by atoms with Crippen molar-refractivity contribution in [2.75, 3.05) is 24.3 Å². The van der Waals surface area contributed by atoms with Gasteiger partial charge in [-0.15, -0.1) is 0 Å². The quantitative estimate of drug-likeness (QED) is 0.461. The van der Waals surface area contributed by atoms with Gasteiger partial charge in [0.1, 0.15) is 5.82 Å². The Bertz CT molecular complexity index is 1000. The Morgan fingerprint density at radius 2 is 1.97 bits per heavy atom. The van der Waals surface area contributed by atoms with Gasteiger partial charge in [0.25, 0.3) is 5.91 Å². The van der Waals surface area contributed by atoms with Crippen LogP contribution in [0, 0.1) is 5.82 Å². The Labute approximate surface area is 167 Å². The Morgan fingerprint density at radius 1 is 1.21 bits per heavy atom. The lowest BCUT2D eigenvalue weighted by atomic mass is 10.1. The fourth-order valence-electron chi connectivity index (χ4n) is 2.74. The van der Waals surface area contributed by atoms with Crippen LogP contribution in [-0.4, -0.2) is 29.5 Å². The van der Waals surface area contributed by atoms with Gasteiger partial charge in [-0.25, -0.2) is 14.4 Å². The minimum atomic E-state index is -0.815. The van der Waals surface area contributed by atoms with Crippen LogP contribution in [0.3, 0.4) is 0 Å². The Morgan fingerprint density at radius 3 is 2.62 bits per heavy atom. The summed E-state index contributed by atoms with van der Waals surface area (Å²) in [4.78, 5) is 20.1. The molecule has 1 amide bonds. The highest BCUT2D eigenvalue weighted by Gasteiger charge is 2.19. The number of carbonyl (C=O) groups is 1. The van der Waals surface area contributed by atoms with E-state index in [1.807, 2.05) is 30.3 Å². The van der Waals surface area contributed by atoms with Gasteiger partial charge in [0.05, 0.1) is 18.7 Å². The van der Waals surface area contributed by atoms with Crippen LogP contribution in [0.5, 0.6) is 5.88 Å². The third-order valence-electron chi connectivity index (χ3n) is 4.20. The van der Waals surface area contributed by atoms with Crippen LogP contribution >= 0.6 is 0 Å². The fourth-order valence-corrected chi connectivity index (χ4v) is 2.74. The van der Waals surface area contributed by atoms with E-state index >= 15 is 0 Å². The number of methoxy groups -OCH3 is 1. The molecule has 2 heterocycles. The molecule has 3 rings (SSSR count). The third-order valence-corrected chi connectivity index (χ3v) is 4.20. The standard InChI is InChI=1S/C20H21FN6O2/c1-29-17-9-13(7-8-24-17)25-19-14(18(23)28)10-15(21)20(27-19)26-16(11-22)12-5-3-2-4-6-12/h2-10,16H,11,22H2,1H3,(H2,23,28)(H2,24,25,26,27). The Kier molecular flexibility index (Phi) is 6.20. The number of nitrogens with one attached hydrogen (secondary N) is 2. The molecule has 0 aliphatic carbocycles. The number of amides is 1. The van der Waals surface area contributed by atoms with Crippen molar-refractivity contribution >= 4 is 23.2 Å². The molecule has 0 saturated heterocycles. The normalized spacial score (nSPS) is 11.6. The van der Waals surface area contributed by atoms with E-state index in [0.717, 1.165) is 11.6 Å². The number of primary amides is 1. The number of hydrogen-bond acceptors (Lipinski definition) is 7. The number of carbonyl (C=O) groups excluding carboxylic acids is 1. The minimum absolute atomic E-state index is 0.0576. The van der Waals surface area contributed by atoms with Crippen LogP contribution < -0.4 is 26.8 Å². The number of pyridine rings is 2. The molecule has 1 aromatic carbocycles. The van der Waals surface area contributed by atoms with Crippen molar-refractivity contribution in [1.29, 1.82) is 0 Å².